The van der Waals surface area contributed by atoms with Crippen molar-refractivity contribution in [2.75, 3.05) is 26.3 Å². The van der Waals surface area contributed by atoms with Gasteiger partial charge >= 0.3 is 5.97 Å². The molecule has 0 amide bonds. The lowest BCUT2D eigenvalue weighted by Gasteiger charge is -2.12. The fourth-order valence-electron chi connectivity index (χ4n) is 1.95. The van der Waals surface area contributed by atoms with E-state index in [1.807, 2.05) is 37.3 Å². The molecule has 1 saturated carbocycles. The molecule has 1 unspecified atom stereocenters. The van der Waals surface area contributed by atoms with E-state index in [1.165, 1.54) is 12.8 Å². The third kappa shape index (κ3) is 6.74. The van der Waals surface area contributed by atoms with E-state index >= 15 is 0 Å². The van der Waals surface area contributed by atoms with Gasteiger partial charge in [-0.15, -0.1) is 0 Å². The van der Waals surface area contributed by atoms with E-state index in [-0.39, 0.29) is 11.9 Å². The lowest BCUT2D eigenvalue weighted by molar-refractivity contribution is -0.149. The van der Waals surface area contributed by atoms with E-state index < -0.39 is 0 Å². The van der Waals surface area contributed by atoms with Crippen LogP contribution in [0.5, 0.6) is 0 Å². The maximum Gasteiger partial charge on any atom is 0.310 e. The van der Waals surface area contributed by atoms with Gasteiger partial charge in [0.05, 0.1) is 12.5 Å². The maximum absolute atomic E-state index is 11.8. The first-order valence-corrected chi connectivity index (χ1v) is 7.74. The number of carbonyl (C=O) groups excluding carboxylic acids is 1. The summed E-state index contributed by atoms with van der Waals surface area (Å²) in [4.78, 5) is 11.8. The normalized spacial score (nSPS) is 15.7. The lowest BCUT2D eigenvalue weighted by Crippen LogP contribution is -2.30. The highest BCUT2D eigenvalue weighted by molar-refractivity contribution is 5.72. The molecule has 2 rings (SSSR count). The average Bonchev–Trinajstić information content (AvgIpc) is 3.33. The van der Waals surface area contributed by atoms with Crippen molar-refractivity contribution < 1.29 is 14.3 Å². The molecule has 0 radical (unpaired) electrons. The molecule has 1 atom stereocenters. The number of esters is 1. The third-order valence-corrected chi connectivity index (χ3v) is 3.55. The molecular formula is C17H25NO3. The molecule has 4 nitrogen and oxygen atoms in total. The van der Waals surface area contributed by atoms with Gasteiger partial charge < -0.3 is 14.8 Å². The highest BCUT2D eigenvalue weighted by Gasteiger charge is 2.20. The number of nitrogens with one attached hydrogen (secondary N) is 1. The summed E-state index contributed by atoms with van der Waals surface area (Å²) in [6, 6.07) is 9.73. The van der Waals surface area contributed by atoms with Crippen molar-refractivity contribution in [2.45, 2.75) is 26.4 Å². The Morgan fingerprint density at radius 2 is 2.10 bits per heavy atom. The number of ether oxygens (including phenoxy) is 2. The molecule has 0 spiro atoms. The monoisotopic (exact) mass is 291 g/mol. The van der Waals surface area contributed by atoms with E-state index in [0.29, 0.717) is 19.8 Å². The Morgan fingerprint density at radius 3 is 2.81 bits per heavy atom. The molecule has 0 saturated heterocycles. The van der Waals surface area contributed by atoms with Crippen LogP contribution in [0.1, 0.15) is 25.3 Å². The molecular weight excluding hydrogens is 266 g/mol. The van der Waals surface area contributed by atoms with Crippen LogP contribution < -0.4 is 5.32 Å². The second-order valence-electron chi connectivity index (χ2n) is 5.72. The van der Waals surface area contributed by atoms with E-state index in [4.69, 9.17) is 9.47 Å². The molecule has 0 aliphatic heterocycles. The summed E-state index contributed by atoms with van der Waals surface area (Å²) < 4.78 is 10.8. The van der Waals surface area contributed by atoms with Crippen LogP contribution in [0.25, 0.3) is 0 Å². The minimum atomic E-state index is -0.162. The van der Waals surface area contributed by atoms with Crippen LogP contribution in [0.2, 0.25) is 0 Å². The van der Waals surface area contributed by atoms with Gasteiger partial charge in [0.2, 0.25) is 0 Å². The zero-order chi connectivity index (χ0) is 14.9. The smallest absolute Gasteiger partial charge is 0.310 e. The lowest BCUT2D eigenvalue weighted by atomic mass is 10.2. The largest absolute Gasteiger partial charge is 0.461 e. The molecule has 0 aromatic heterocycles. The van der Waals surface area contributed by atoms with Crippen molar-refractivity contribution in [1.82, 2.24) is 5.32 Å². The van der Waals surface area contributed by atoms with Crippen LogP contribution in [-0.2, 0) is 20.9 Å². The van der Waals surface area contributed by atoms with Crippen molar-refractivity contribution in [3.63, 3.8) is 0 Å². The summed E-state index contributed by atoms with van der Waals surface area (Å²) in [7, 11) is 0. The second kappa shape index (κ2) is 8.80. The van der Waals surface area contributed by atoms with E-state index in [0.717, 1.165) is 24.6 Å². The first kappa shape index (κ1) is 16.0. The van der Waals surface area contributed by atoms with Gasteiger partial charge in [-0.3, -0.25) is 4.79 Å². The van der Waals surface area contributed by atoms with E-state index in [2.05, 4.69) is 5.32 Å². The van der Waals surface area contributed by atoms with Crippen molar-refractivity contribution in [3.05, 3.63) is 35.9 Å². The highest BCUT2D eigenvalue weighted by Crippen LogP contribution is 2.28. The predicted octanol–water partition coefficient (Wildman–Crippen LogP) is 2.38. The zero-order valence-electron chi connectivity index (χ0n) is 12.7. The zero-order valence-corrected chi connectivity index (χ0v) is 12.7. The third-order valence-electron chi connectivity index (χ3n) is 3.55. The van der Waals surface area contributed by atoms with Gasteiger partial charge in [0.15, 0.2) is 0 Å². The Kier molecular flexibility index (Phi) is 6.70. The van der Waals surface area contributed by atoms with E-state index in [9.17, 15) is 4.79 Å². The Balaban J connectivity index is 1.50. The quantitative estimate of drug-likeness (QED) is 0.531. The second-order valence-corrected chi connectivity index (χ2v) is 5.72. The van der Waals surface area contributed by atoms with Crippen molar-refractivity contribution in [3.8, 4) is 0 Å². The average molecular weight is 291 g/mol. The fourth-order valence-corrected chi connectivity index (χ4v) is 1.95. The summed E-state index contributed by atoms with van der Waals surface area (Å²) in [6.45, 7) is 5.22. The van der Waals surface area contributed by atoms with E-state index in [1.54, 1.807) is 0 Å². The molecule has 21 heavy (non-hydrogen) atoms. The predicted molar refractivity (Wildman–Crippen MR) is 81.8 cm³/mol. The molecule has 1 N–H and O–H groups in total. The summed E-state index contributed by atoms with van der Waals surface area (Å²) in [5.41, 5.74) is 1.01. The highest BCUT2D eigenvalue weighted by atomic mass is 16.5. The SMILES string of the molecule is CC(CNCCOCC1CC1)C(=O)OCc1ccccc1. The maximum atomic E-state index is 11.8. The van der Waals surface area contributed by atoms with Gasteiger partial charge in [0.1, 0.15) is 6.61 Å². The number of hydrogen-bond donors (Lipinski definition) is 1. The molecule has 1 fully saturated rings. The summed E-state index contributed by atoms with van der Waals surface area (Å²) in [5, 5.41) is 3.23. The van der Waals surface area contributed by atoms with Crippen LogP contribution in [0.4, 0.5) is 0 Å². The van der Waals surface area contributed by atoms with Crippen LogP contribution >= 0.6 is 0 Å². The number of carbonyl (C=O) groups is 1. The first-order chi connectivity index (χ1) is 10.3. The van der Waals surface area contributed by atoms with Gasteiger partial charge in [0, 0.05) is 19.7 Å². The number of hydrogen-bond acceptors (Lipinski definition) is 4. The Hall–Kier alpha value is -1.39. The minimum absolute atomic E-state index is 0.142. The molecule has 1 aromatic carbocycles. The molecule has 1 aliphatic carbocycles. The number of rotatable bonds is 10. The number of benzene rings is 1. The first-order valence-electron chi connectivity index (χ1n) is 7.74. The van der Waals surface area contributed by atoms with Gasteiger partial charge in [-0.25, -0.2) is 0 Å². The molecule has 1 aliphatic rings. The Morgan fingerprint density at radius 1 is 1.33 bits per heavy atom. The van der Waals surface area contributed by atoms with Gasteiger partial charge in [-0.2, -0.15) is 0 Å². The van der Waals surface area contributed by atoms with Gasteiger partial charge in [-0.05, 0) is 24.3 Å². The Labute approximate surface area is 126 Å². The van der Waals surface area contributed by atoms with Crippen molar-refractivity contribution in [2.24, 2.45) is 11.8 Å². The fraction of sp³-hybridized carbons (Fsp3) is 0.588. The summed E-state index contributed by atoms with van der Waals surface area (Å²) >= 11 is 0. The van der Waals surface area contributed by atoms with Crippen molar-refractivity contribution >= 4 is 5.97 Å². The van der Waals surface area contributed by atoms with Crippen molar-refractivity contribution in [1.29, 1.82) is 0 Å². The topological polar surface area (TPSA) is 47.6 Å². The molecule has 116 valence electrons. The van der Waals surface area contributed by atoms with Crippen LogP contribution in [-0.4, -0.2) is 32.3 Å². The van der Waals surface area contributed by atoms with Gasteiger partial charge in [0.25, 0.3) is 0 Å². The molecule has 1 aromatic rings. The molecule has 4 heteroatoms. The summed E-state index contributed by atoms with van der Waals surface area (Å²) in [5.74, 6) is 0.499. The molecule has 0 bridgehead atoms. The standard InChI is InChI=1S/C17H25NO3/c1-14(11-18-9-10-20-12-16-7-8-16)17(19)21-13-15-5-3-2-4-6-15/h2-6,14,16,18H,7-13H2,1H3. The van der Waals surface area contributed by atoms with Crippen LogP contribution in [0.3, 0.4) is 0 Å². The van der Waals surface area contributed by atoms with Crippen LogP contribution in [0.15, 0.2) is 30.3 Å². The Bertz CT molecular complexity index is 417. The molecule has 0 heterocycles. The van der Waals surface area contributed by atoms with Gasteiger partial charge in [-0.1, -0.05) is 37.3 Å². The summed E-state index contributed by atoms with van der Waals surface area (Å²) in [6.07, 6.45) is 2.63. The van der Waals surface area contributed by atoms with Crippen LogP contribution in [0, 0.1) is 11.8 Å². The minimum Gasteiger partial charge on any atom is -0.461 e.